The van der Waals surface area contributed by atoms with Crippen LogP contribution in [0.5, 0.6) is 0 Å². The van der Waals surface area contributed by atoms with Crippen LogP contribution >= 0.6 is 0 Å². The Morgan fingerprint density at radius 3 is 2.80 bits per heavy atom. The first-order valence-electron chi connectivity index (χ1n) is 4.60. The van der Waals surface area contributed by atoms with Crippen molar-refractivity contribution < 1.29 is 4.52 Å². The number of hydrogen-bond acceptors (Lipinski definition) is 6. The quantitative estimate of drug-likeness (QED) is 0.788. The summed E-state index contributed by atoms with van der Waals surface area (Å²) in [4.78, 5) is 12.0. The van der Waals surface area contributed by atoms with E-state index in [4.69, 9.17) is 10.3 Å². The Morgan fingerprint density at radius 2 is 2.13 bits per heavy atom. The normalized spacial score (nSPS) is 12.7. The van der Waals surface area contributed by atoms with Gasteiger partial charge in [0.1, 0.15) is 6.33 Å². The molecule has 0 saturated heterocycles. The van der Waals surface area contributed by atoms with Crippen molar-refractivity contribution in [2.24, 2.45) is 5.73 Å². The van der Waals surface area contributed by atoms with Gasteiger partial charge in [-0.2, -0.15) is 4.98 Å². The van der Waals surface area contributed by atoms with Crippen LogP contribution in [0.25, 0.3) is 11.5 Å². The molecule has 0 radical (unpaired) electrons. The highest BCUT2D eigenvalue weighted by Gasteiger charge is 2.13. The van der Waals surface area contributed by atoms with Crippen molar-refractivity contribution in [1.82, 2.24) is 20.1 Å². The molecule has 2 N–H and O–H groups in total. The molecular weight excluding hydrogens is 194 g/mol. The van der Waals surface area contributed by atoms with E-state index in [2.05, 4.69) is 20.1 Å². The second-order valence-corrected chi connectivity index (χ2v) is 3.22. The van der Waals surface area contributed by atoms with Gasteiger partial charge in [-0.05, 0) is 0 Å². The van der Waals surface area contributed by atoms with Crippen molar-refractivity contribution in [1.29, 1.82) is 0 Å². The van der Waals surface area contributed by atoms with Gasteiger partial charge in [-0.3, -0.25) is 0 Å². The molecule has 0 aliphatic rings. The van der Waals surface area contributed by atoms with Crippen LogP contribution in [0.3, 0.4) is 0 Å². The van der Waals surface area contributed by atoms with E-state index in [0.717, 1.165) is 0 Å². The fraction of sp³-hybridized carbons (Fsp3) is 0.333. The molecule has 0 saturated carbocycles. The average Bonchev–Trinajstić information content (AvgIpc) is 2.78. The Balaban J connectivity index is 2.28. The molecule has 15 heavy (non-hydrogen) atoms. The van der Waals surface area contributed by atoms with Crippen LogP contribution in [-0.4, -0.2) is 26.7 Å². The van der Waals surface area contributed by atoms with Gasteiger partial charge in [0.15, 0.2) is 5.82 Å². The van der Waals surface area contributed by atoms with E-state index in [1.807, 2.05) is 6.92 Å². The van der Waals surface area contributed by atoms with Crippen molar-refractivity contribution >= 4 is 0 Å². The van der Waals surface area contributed by atoms with E-state index in [9.17, 15) is 0 Å². The molecule has 6 heteroatoms. The fourth-order valence-electron chi connectivity index (χ4n) is 1.07. The summed E-state index contributed by atoms with van der Waals surface area (Å²) in [6, 6.07) is 0. The lowest BCUT2D eigenvalue weighted by atomic mass is 10.2. The molecule has 2 aromatic rings. The fourth-order valence-corrected chi connectivity index (χ4v) is 1.07. The maximum atomic E-state index is 5.51. The van der Waals surface area contributed by atoms with Crippen molar-refractivity contribution in [2.45, 2.75) is 12.8 Å². The van der Waals surface area contributed by atoms with Gasteiger partial charge in [0.05, 0.1) is 5.56 Å². The summed E-state index contributed by atoms with van der Waals surface area (Å²) in [7, 11) is 0. The molecule has 2 heterocycles. The first kappa shape index (κ1) is 9.72. The van der Waals surface area contributed by atoms with E-state index >= 15 is 0 Å². The van der Waals surface area contributed by atoms with Crippen LogP contribution in [0.15, 0.2) is 23.2 Å². The van der Waals surface area contributed by atoms with Gasteiger partial charge in [0.25, 0.3) is 5.89 Å². The molecule has 6 nitrogen and oxygen atoms in total. The van der Waals surface area contributed by atoms with E-state index in [1.165, 1.54) is 6.33 Å². The highest BCUT2D eigenvalue weighted by molar-refractivity contribution is 5.48. The molecule has 1 unspecified atom stereocenters. The predicted octanol–water partition coefficient (Wildman–Crippen LogP) is 0.589. The molecule has 2 aromatic heterocycles. The summed E-state index contributed by atoms with van der Waals surface area (Å²) in [5.74, 6) is 1.12. The Bertz CT molecular complexity index is 427. The molecule has 0 aliphatic carbocycles. The average molecular weight is 205 g/mol. The molecule has 2 rings (SSSR count). The molecule has 78 valence electrons. The SMILES string of the molecule is CC(CN)c1noc(-c2cncnc2)n1. The molecule has 0 aliphatic heterocycles. The maximum Gasteiger partial charge on any atom is 0.261 e. The van der Waals surface area contributed by atoms with Gasteiger partial charge in [-0.1, -0.05) is 12.1 Å². The van der Waals surface area contributed by atoms with Crippen molar-refractivity contribution in [3.63, 3.8) is 0 Å². The minimum Gasteiger partial charge on any atom is -0.334 e. The second-order valence-electron chi connectivity index (χ2n) is 3.22. The summed E-state index contributed by atoms with van der Waals surface area (Å²) in [5, 5.41) is 3.84. The monoisotopic (exact) mass is 205 g/mol. The minimum atomic E-state index is 0.0899. The third kappa shape index (κ3) is 1.99. The van der Waals surface area contributed by atoms with Crippen LogP contribution in [0.2, 0.25) is 0 Å². The van der Waals surface area contributed by atoms with Crippen LogP contribution in [0.4, 0.5) is 0 Å². The Kier molecular flexibility index (Phi) is 2.68. The minimum absolute atomic E-state index is 0.0899. The van der Waals surface area contributed by atoms with Crippen molar-refractivity contribution in [3.05, 3.63) is 24.5 Å². The van der Waals surface area contributed by atoms with E-state index in [0.29, 0.717) is 23.8 Å². The van der Waals surface area contributed by atoms with E-state index in [-0.39, 0.29) is 5.92 Å². The topological polar surface area (TPSA) is 90.7 Å². The number of hydrogen-bond donors (Lipinski definition) is 1. The number of aromatic nitrogens is 4. The van der Waals surface area contributed by atoms with E-state index < -0.39 is 0 Å². The molecule has 0 fully saturated rings. The lowest BCUT2D eigenvalue weighted by Crippen LogP contribution is -2.10. The van der Waals surface area contributed by atoms with Gasteiger partial charge in [-0.25, -0.2) is 9.97 Å². The van der Waals surface area contributed by atoms with Crippen LogP contribution < -0.4 is 5.73 Å². The first-order valence-corrected chi connectivity index (χ1v) is 4.60. The van der Waals surface area contributed by atoms with Crippen LogP contribution in [0.1, 0.15) is 18.7 Å². The first-order chi connectivity index (χ1) is 7.31. The number of nitrogens with zero attached hydrogens (tertiary/aromatic N) is 4. The zero-order chi connectivity index (χ0) is 10.7. The molecule has 1 atom stereocenters. The Labute approximate surface area is 86.5 Å². The second kappa shape index (κ2) is 4.14. The maximum absolute atomic E-state index is 5.51. The lowest BCUT2D eigenvalue weighted by molar-refractivity contribution is 0.417. The predicted molar refractivity (Wildman–Crippen MR) is 52.8 cm³/mol. The Hall–Kier alpha value is -1.82. The summed E-state index contributed by atoms with van der Waals surface area (Å²) in [5.41, 5.74) is 6.21. The number of nitrogens with two attached hydrogens (primary N) is 1. The zero-order valence-corrected chi connectivity index (χ0v) is 8.29. The van der Waals surface area contributed by atoms with Gasteiger partial charge in [0, 0.05) is 24.9 Å². The largest absolute Gasteiger partial charge is 0.334 e. The standard InChI is InChI=1S/C9H11N5O/c1-6(2-10)8-13-9(15-14-8)7-3-11-5-12-4-7/h3-6H,2,10H2,1H3. The molecular formula is C9H11N5O. The van der Waals surface area contributed by atoms with Gasteiger partial charge >= 0.3 is 0 Å². The van der Waals surface area contributed by atoms with E-state index in [1.54, 1.807) is 12.4 Å². The summed E-state index contributed by atoms with van der Waals surface area (Å²) < 4.78 is 5.08. The van der Waals surface area contributed by atoms with Crippen molar-refractivity contribution in [2.75, 3.05) is 6.54 Å². The van der Waals surface area contributed by atoms with Crippen molar-refractivity contribution in [3.8, 4) is 11.5 Å². The zero-order valence-electron chi connectivity index (χ0n) is 8.29. The van der Waals surface area contributed by atoms with Gasteiger partial charge in [0.2, 0.25) is 0 Å². The third-order valence-corrected chi connectivity index (χ3v) is 2.04. The highest BCUT2D eigenvalue weighted by atomic mass is 16.5. The smallest absolute Gasteiger partial charge is 0.261 e. The van der Waals surface area contributed by atoms with Crippen LogP contribution in [-0.2, 0) is 0 Å². The lowest BCUT2D eigenvalue weighted by Gasteiger charge is -1.98. The molecule has 0 spiro atoms. The van der Waals surface area contributed by atoms with Gasteiger partial charge in [-0.15, -0.1) is 0 Å². The van der Waals surface area contributed by atoms with Crippen LogP contribution in [0, 0.1) is 0 Å². The third-order valence-electron chi connectivity index (χ3n) is 2.04. The molecule has 0 aromatic carbocycles. The summed E-state index contributed by atoms with van der Waals surface area (Å²) >= 11 is 0. The summed E-state index contributed by atoms with van der Waals surface area (Å²) in [6.07, 6.45) is 4.69. The number of rotatable bonds is 3. The summed E-state index contributed by atoms with van der Waals surface area (Å²) in [6.45, 7) is 2.43. The molecule has 0 bridgehead atoms. The van der Waals surface area contributed by atoms with Gasteiger partial charge < -0.3 is 10.3 Å². The molecule has 0 amide bonds. The highest BCUT2D eigenvalue weighted by Crippen LogP contribution is 2.17. The Morgan fingerprint density at radius 1 is 1.40 bits per heavy atom.